The highest BCUT2D eigenvalue weighted by atomic mass is 35.5. The molecule has 2 aliphatic rings. The zero-order valence-corrected chi connectivity index (χ0v) is 21.6. The smallest absolute Gasteiger partial charge is 0.210 e. The van der Waals surface area contributed by atoms with Crippen molar-refractivity contribution in [3.8, 4) is 0 Å². The SMILES string of the molecule is CN1C(=CC=CC=CC2=[N+](C)c3ccc4ccccc4c3C2(C)C)C(C)(C)c2cc(Cl)ccc21. The molecule has 0 amide bonds. The Bertz CT molecular complexity index is 1430. The molecule has 0 N–H and O–H groups in total. The number of anilines is 1. The van der Waals surface area contributed by atoms with E-state index in [2.05, 4.69) is 130 Å². The van der Waals surface area contributed by atoms with Crippen molar-refractivity contribution in [2.24, 2.45) is 0 Å². The summed E-state index contributed by atoms with van der Waals surface area (Å²) >= 11 is 6.29. The molecule has 0 aromatic heterocycles. The Balaban J connectivity index is 1.42. The molecule has 0 aliphatic carbocycles. The molecule has 34 heavy (non-hydrogen) atoms. The van der Waals surface area contributed by atoms with Crippen molar-refractivity contribution in [3.05, 3.63) is 107 Å². The number of benzene rings is 3. The van der Waals surface area contributed by atoms with E-state index in [0.29, 0.717) is 0 Å². The summed E-state index contributed by atoms with van der Waals surface area (Å²) in [6, 6.07) is 19.3. The first kappa shape index (κ1) is 22.7. The van der Waals surface area contributed by atoms with Gasteiger partial charge in [-0.05, 0) is 60.5 Å². The topological polar surface area (TPSA) is 6.25 Å². The van der Waals surface area contributed by atoms with Crippen molar-refractivity contribution >= 4 is 39.5 Å². The fourth-order valence-corrected chi connectivity index (χ4v) is 6.03. The molecule has 2 heterocycles. The Hall–Kier alpha value is -3.10. The lowest BCUT2D eigenvalue weighted by atomic mass is 9.79. The second-order valence-electron chi connectivity index (χ2n) is 10.4. The molecule has 3 aromatic rings. The molecule has 0 spiro atoms. The van der Waals surface area contributed by atoms with Crippen LogP contribution in [0.1, 0.15) is 38.8 Å². The van der Waals surface area contributed by atoms with Crippen molar-refractivity contribution in [2.75, 3.05) is 19.0 Å². The van der Waals surface area contributed by atoms with E-state index in [1.807, 2.05) is 6.07 Å². The van der Waals surface area contributed by atoms with Crippen LogP contribution in [0.15, 0.2) is 90.7 Å². The lowest BCUT2D eigenvalue weighted by Crippen LogP contribution is -2.26. The van der Waals surface area contributed by atoms with Gasteiger partial charge in [0.05, 0.1) is 5.41 Å². The average molecular weight is 468 g/mol. The van der Waals surface area contributed by atoms with Crippen LogP contribution in [0.5, 0.6) is 0 Å². The Kier molecular flexibility index (Phi) is 5.33. The van der Waals surface area contributed by atoms with Gasteiger partial charge < -0.3 is 4.90 Å². The summed E-state index contributed by atoms with van der Waals surface area (Å²) in [4.78, 5) is 2.27. The minimum atomic E-state index is -0.0891. The number of allylic oxidation sites excluding steroid dienone is 6. The van der Waals surface area contributed by atoms with Crippen LogP contribution in [-0.2, 0) is 10.8 Å². The van der Waals surface area contributed by atoms with Gasteiger partial charge >= 0.3 is 0 Å². The van der Waals surface area contributed by atoms with Gasteiger partial charge in [0.2, 0.25) is 5.69 Å². The highest BCUT2D eigenvalue weighted by Crippen LogP contribution is 2.47. The number of fused-ring (bicyclic) bond motifs is 4. The molecule has 2 nitrogen and oxygen atoms in total. The second-order valence-corrected chi connectivity index (χ2v) is 10.8. The Morgan fingerprint density at radius 3 is 2.44 bits per heavy atom. The van der Waals surface area contributed by atoms with Crippen molar-refractivity contribution in [1.82, 2.24) is 0 Å². The molecule has 0 saturated carbocycles. The van der Waals surface area contributed by atoms with Gasteiger partial charge in [-0.25, -0.2) is 0 Å². The van der Waals surface area contributed by atoms with Gasteiger partial charge in [-0.1, -0.05) is 67.9 Å². The first-order valence-electron chi connectivity index (χ1n) is 11.9. The normalized spacial score (nSPS) is 19.7. The van der Waals surface area contributed by atoms with Crippen LogP contribution < -0.4 is 4.90 Å². The van der Waals surface area contributed by atoms with Gasteiger partial charge in [0.15, 0.2) is 5.71 Å². The molecule has 0 fully saturated rings. The summed E-state index contributed by atoms with van der Waals surface area (Å²) < 4.78 is 2.33. The third kappa shape index (κ3) is 3.35. The van der Waals surface area contributed by atoms with Crippen molar-refractivity contribution in [3.63, 3.8) is 0 Å². The summed E-state index contributed by atoms with van der Waals surface area (Å²) in [7, 11) is 4.30. The maximum Gasteiger partial charge on any atom is 0.210 e. The van der Waals surface area contributed by atoms with Crippen LogP contribution in [0.2, 0.25) is 5.02 Å². The summed E-state index contributed by atoms with van der Waals surface area (Å²) in [5.41, 5.74) is 7.60. The maximum atomic E-state index is 6.29. The van der Waals surface area contributed by atoms with Crippen molar-refractivity contribution < 1.29 is 4.58 Å². The zero-order valence-electron chi connectivity index (χ0n) is 20.9. The van der Waals surface area contributed by atoms with Crippen molar-refractivity contribution in [1.29, 1.82) is 0 Å². The summed E-state index contributed by atoms with van der Waals surface area (Å²) in [5, 5.41) is 3.42. The fraction of sp³-hybridized carbons (Fsp3) is 0.258. The molecule has 2 aliphatic heterocycles. The van der Waals surface area contributed by atoms with Crippen LogP contribution in [0.4, 0.5) is 11.4 Å². The van der Waals surface area contributed by atoms with E-state index < -0.39 is 0 Å². The van der Waals surface area contributed by atoms with Crippen molar-refractivity contribution in [2.45, 2.75) is 38.5 Å². The minimum Gasteiger partial charge on any atom is -0.347 e. The Morgan fingerprint density at radius 2 is 1.65 bits per heavy atom. The summed E-state index contributed by atoms with van der Waals surface area (Å²) in [5.74, 6) is 0. The third-order valence-corrected chi connectivity index (χ3v) is 7.86. The average Bonchev–Trinajstić information content (AvgIpc) is 3.12. The summed E-state index contributed by atoms with van der Waals surface area (Å²) in [6.07, 6.45) is 10.9. The molecule has 172 valence electrons. The van der Waals surface area contributed by atoms with E-state index in [1.54, 1.807) is 0 Å². The predicted molar refractivity (Wildman–Crippen MR) is 147 cm³/mol. The van der Waals surface area contributed by atoms with Gasteiger partial charge in [-0.2, -0.15) is 4.58 Å². The van der Waals surface area contributed by atoms with Gasteiger partial charge in [0, 0.05) is 46.6 Å². The number of likely N-dealkylation sites (N-methyl/N-ethyl adjacent to an activating group) is 1. The number of hydrogen-bond acceptors (Lipinski definition) is 1. The lowest BCUT2D eigenvalue weighted by Gasteiger charge is -2.23. The van der Waals surface area contributed by atoms with E-state index in [4.69, 9.17) is 11.6 Å². The third-order valence-electron chi connectivity index (χ3n) is 7.62. The zero-order chi connectivity index (χ0) is 24.3. The van der Waals surface area contributed by atoms with E-state index in [0.717, 1.165) is 5.02 Å². The van der Waals surface area contributed by atoms with Gasteiger partial charge in [-0.15, -0.1) is 0 Å². The molecule has 0 radical (unpaired) electrons. The Labute approximate surface area is 208 Å². The van der Waals surface area contributed by atoms with Crippen LogP contribution in [0.3, 0.4) is 0 Å². The standard InChI is InChI=1S/C31H32ClN2/c1-30(2)24-20-22(32)17-19-25(24)33(5)27(30)14-8-7-9-15-28-31(3,4)29-23-13-11-10-12-21(23)16-18-26(29)34(28)6/h7-20H,1-6H3/q+1. The largest absolute Gasteiger partial charge is 0.347 e. The molecule has 0 bridgehead atoms. The first-order valence-corrected chi connectivity index (χ1v) is 12.2. The number of halogens is 1. The quantitative estimate of drug-likeness (QED) is 0.280. The van der Waals surface area contributed by atoms with E-state index in [1.165, 1.54) is 44.7 Å². The van der Waals surface area contributed by atoms with E-state index in [9.17, 15) is 0 Å². The molecular formula is C31H32ClN2+. The minimum absolute atomic E-state index is 0.0671. The number of nitrogens with zero attached hydrogens (tertiary/aromatic N) is 2. The molecule has 5 rings (SSSR count). The molecule has 3 heteroatoms. The molecule has 0 saturated heterocycles. The fourth-order valence-electron chi connectivity index (χ4n) is 5.86. The molecule has 0 unspecified atom stereocenters. The number of rotatable bonds is 3. The summed E-state index contributed by atoms with van der Waals surface area (Å²) in [6.45, 7) is 9.17. The molecule has 0 atom stereocenters. The van der Waals surface area contributed by atoms with Gasteiger partial charge in [0.1, 0.15) is 7.05 Å². The number of hydrogen-bond donors (Lipinski definition) is 0. The van der Waals surface area contributed by atoms with Gasteiger partial charge in [-0.3, -0.25) is 0 Å². The van der Waals surface area contributed by atoms with Gasteiger partial charge in [0.25, 0.3) is 0 Å². The Morgan fingerprint density at radius 1 is 0.882 bits per heavy atom. The van der Waals surface area contributed by atoms with E-state index in [-0.39, 0.29) is 10.8 Å². The molecular weight excluding hydrogens is 436 g/mol. The van der Waals surface area contributed by atoms with Crippen LogP contribution >= 0.6 is 11.6 Å². The van der Waals surface area contributed by atoms with Crippen LogP contribution in [0.25, 0.3) is 10.8 Å². The maximum absolute atomic E-state index is 6.29. The van der Waals surface area contributed by atoms with Crippen LogP contribution in [0, 0.1) is 0 Å². The van der Waals surface area contributed by atoms with E-state index >= 15 is 0 Å². The lowest BCUT2D eigenvalue weighted by molar-refractivity contribution is -0.401. The molecule has 3 aromatic carbocycles. The van der Waals surface area contributed by atoms with Crippen LogP contribution in [-0.4, -0.2) is 24.4 Å². The first-order chi connectivity index (χ1) is 16.1. The highest BCUT2D eigenvalue weighted by Gasteiger charge is 2.44. The monoisotopic (exact) mass is 467 g/mol. The second kappa shape index (κ2) is 7.99. The predicted octanol–water partition coefficient (Wildman–Crippen LogP) is 7.92. The highest BCUT2D eigenvalue weighted by molar-refractivity contribution is 6.30.